The molecule has 7 rings (SSSR count). The molecule has 0 aliphatic heterocycles. The summed E-state index contributed by atoms with van der Waals surface area (Å²) in [5.41, 5.74) is 9.13. The molecule has 0 amide bonds. The molecule has 46 heavy (non-hydrogen) atoms. The van der Waals surface area contributed by atoms with E-state index < -0.39 is 0 Å². The minimum Gasteiger partial charge on any atom is -0.457 e. The second kappa shape index (κ2) is 13.1. The van der Waals surface area contributed by atoms with Crippen LogP contribution >= 0.6 is 0 Å². The van der Waals surface area contributed by atoms with Crippen molar-refractivity contribution in [2.75, 3.05) is 0 Å². The smallest absolute Gasteiger partial charge is 0.137 e. The SMILES string of the molecule is CCCCCCCc1c(-c2ccccc2)c(C)nn1-c1cccc(Oc2ccc3c4ccccc4n(-c4cc(C)ccn4)c3c2)c1. The number of rotatable bonds is 11. The Morgan fingerprint density at radius 1 is 0.674 bits per heavy atom. The van der Waals surface area contributed by atoms with Gasteiger partial charge in [-0.25, -0.2) is 9.67 Å². The molecule has 5 nitrogen and oxygen atoms in total. The van der Waals surface area contributed by atoms with Crippen LogP contribution in [-0.2, 0) is 6.42 Å². The van der Waals surface area contributed by atoms with Gasteiger partial charge in [0.25, 0.3) is 0 Å². The summed E-state index contributed by atoms with van der Waals surface area (Å²) in [6.07, 6.45) is 9.04. The quantitative estimate of drug-likeness (QED) is 0.138. The molecule has 0 fully saturated rings. The fraction of sp³-hybridized carbons (Fsp3) is 0.220. The zero-order valence-corrected chi connectivity index (χ0v) is 26.9. The average Bonchev–Trinajstić information content (AvgIpc) is 3.59. The molecule has 3 heterocycles. The van der Waals surface area contributed by atoms with Gasteiger partial charge in [-0.05, 0) is 80.3 Å². The van der Waals surface area contributed by atoms with E-state index in [-0.39, 0.29) is 0 Å². The number of unbranched alkanes of at least 4 members (excludes halogenated alkanes) is 4. The Hall–Kier alpha value is -5.16. The number of hydrogen-bond donors (Lipinski definition) is 0. The summed E-state index contributed by atoms with van der Waals surface area (Å²) in [6.45, 7) is 6.49. The van der Waals surface area contributed by atoms with Crippen LogP contribution in [0.25, 0.3) is 44.4 Å². The fourth-order valence-corrected chi connectivity index (χ4v) is 6.61. The Kier molecular flexibility index (Phi) is 8.39. The van der Waals surface area contributed by atoms with Crippen molar-refractivity contribution < 1.29 is 4.74 Å². The van der Waals surface area contributed by atoms with Gasteiger partial charge in [0.15, 0.2) is 0 Å². The standard InChI is InChI=1S/C41H40N4O/c1-4-5-6-7-11-21-38-41(31-15-9-8-10-16-31)30(3)43-45(38)32-17-14-18-33(27-32)46-34-22-23-36-35-19-12-13-20-37(35)44(39(36)28-34)40-26-29(2)24-25-42-40/h8-10,12-20,22-28H,4-7,11,21H2,1-3H3. The van der Waals surface area contributed by atoms with E-state index in [0.717, 1.165) is 52.6 Å². The number of para-hydroxylation sites is 1. The van der Waals surface area contributed by atoms with E-state index in [0.29, 0.717) is 0 Å². The van der Waals surface area contributed by atoms with Gasteiger partial charge in [0, 0.05) is 34.7 Å². The van der Waals surface area contributed by atoms with Crippen LogP contribution in [0, 0.1) is 13.8 Å². The molecule has 3 aromatic heterocycles. The van der Waals surface area contributed by atoms with Crippen LogP contribution in [0.15, 0.2) is 115 Å². The summed E-state index contributed by atoms with van der Waals surface area (Å²) in [4.78, 5) is 4.73. The molecule has 0 unspecified atom stereocenters. The van der Waals surface area contributed by atoms with Crippen molar-refractivity contribution in [1.29, 1.82) is 0 Å². The molecule has 0 bridgehead atoms. The summed E-state index contributed by atoms with van der Waals surface area (Å²) in [7, 11) is 0. The van der Waals surface area contributed by atoms with Crippen LogP contribution in [-0.4, -0.2) is 19.3 Å². The van der Waals surface area contributed by atoms with E-state index in [4.69, 9.17) is 14.8 Å². The lowest BCUT2D eigenvalue weighted by Crippen LogP contribution is -2.04. The van der Waals surface area contributed by atoms with Crippen molar-refractivity contribution in [2.45, 2.75) is 59.3 Å². The summed E-state index contributed by atoms with van der Waals surface area (Å²) >= 11 is 0. The van der Waals surface area contributed by atoms with Crippen molar-refractivity contribution in [3.63, 3.8) is 0 Å². The fourth-order valence-electron chi connectivity index (χ4n) is 6.61. The topological polar surface area (TPSA) is 44.9 Å². The number of pyridine rings is 1. The van der Waals surface area contributed by atoms with Gasteiger partial charge in [0.1, 0.15) is 17.3 Å². The van der Waals surface area contributed by atoms with Crippen molar-refractivity contribution in [1.82, 2.24) is 19.3 Å². The zero-order valence-electron chi connectivity index (χ0n) is 26.9. The number of benzene rings is 4. The second-order valence-corrected chi connectivity index (χ2v) is 12.2. The minimum absolute atomic E-state index is 0.775. The van der Waals surface area contributed by atoms with E-state index in [9.17, 15) is 0 Å². The number of aryl methyl sites for hydroxylation is 2. The molecular formula is C41H40N4O. The van der Waals surface area contributed by atoms with Crippen LogP contribution in [0.3, 0.4) is 0 Å². The minimum atomic E-state index is 0.775. The van der Waals surface area contributed by atoms with Crippen LogP contribution in [0.4, 0.5) is 0 Å². The normalized spacial score (nSPS) is 11.5. The number of nitrogens with zero attached hydrogens (tertiary/aromatic N) is 4. The van der Waals surface area contributed by atoms with Crippen LogP contribution in [0.1, 0.15) is 56.0 Å². The molecule has 0 N–H and O–H groups in total. The van der Waals surface area contributed by atoms with Gasteiger partial charge >= 0.3 is 0 Å². The number of aromatic nitrogens is 4. The van der Waals surface area contributed by atoms with Gasteiger partial charge in [-0.1, -0.05) is 87.2 Å². The van der Waals surface area contributed by atoms with Gasteiger partial charge < -0.3 is 4.74 Å². The highest BCUT2D eigenvalue weighted by atomic mass is 16.5. The maximum atomic E-state index is 6.57. The molecule has 0 radical (unpaired) electrons. The maximum absolute atomic E-state index is 6.57. The monoisotopic (exact) mass is 604 g/mol. The Morgan fingerprint density at radius 2 is 1.46 bits per heavy atom. The van der Waals surface area contributed by atoms with Gasteiger partial charge in [0.05, 0.1) is 28.1 Å². The highest BCUT2D eigenvalue weighted by Gasteiger charge is 2.19. The summed E-state index contributed by atoms with van der Waals surface area (Å²) in [6, 6.07) is 38.0. The molecule has 230 valence electrons. The predicted octanol–water partition coefficient (Wildman–Crippen LogP) is 11.0. The zero-order chi connectivity index (χ0) is 31.5. The van der Waals surface area contributed by atoms with Crippen LogP contribution in [0.5, 0.6) is 11.5 Å². The highest BCUT2D eigenvalue weighted by molar-refractivity contribution is 6.09. The molecule has 0 saturated heterocycles. The third kappa shape index (κ3) is 5.81. The van der Waals surface area contributed by atoms with Gasteiger partial charge in [-0.2, -0.15) is 5.10 Å². The molecule has 4 aromatic carbocycles. The molecule has 0 aliphatic carbocycles. The third-order valence-corrected chi connectivity index (χ3v) is 8.81. The van der Waals surface area contributed by atoms with E-state index >= 15 is 0 Å². The van der Waals surface area contributed by atoms with Crippen molar-refractivity contribution >= 4 is 21.8 Å². The van der Waals surface area contributed by atoms with Gasteiger partial charge in [-0.3, -0.25) is 4.57 Å². The largest absolute Gasteiger partial charge is 0.457 e. The molecule has 7 aromatic rings. The van der Waals surface area contributed by atoms with E-state index in [1.54, 1.807) is 0 Å². The Labute approximate surface area is 271 Å². The first-order valence-corrected chi connectivity index (χ1v) is 16.5. The lowest BCUT2D eigenvalue weighted by Gasteiger charge is -2.13. The number of ether oxygens (including phenoxy) is 1. The Bertz CT molecular complexity index is 2120. The van der Waals surface area contributed by atoms with E-state index in [1.807, 2.05) is 18.3 Å². The summed E-state index contributed by atoms with van der Waals surface area (Å²) in [5.74, 6) is 2.45. The van der Waals surface area contributed by atoms with Crippen LogP contribution < -0.4 is 4.74 Å². The van der Waals surface area contributed by atoms with Crippen molar-refractivity contribution in [2.24, 2.45) is 0 Å². The summed E-state index contributed by atoms with van der Waals surface area (Å²) < 4.78 is 10.9. The molecule has 5 heteroatoms. The van der Waals surface area contributed by atoms with Crippen LogP contribution in [0.2, 0.25) is 0 Å². The molecule has 0 spiro atoms. The van der Waals surface area contributed by atoms with Crippen molar-refractivity contribution in [3.8, 4) is 34.1 Å². The molecule has 0 saturated carbocycles. The van der Waals surface area contributed by atoms with Crippen molar-refractivity contribution in [3.05, 3.63) is 132 Å². The Balaban J connectivity index is 1.25. The second-order valence-electron chi connectivity index (χ2n) is 12.2. The first kappa shape index (κ1) is 29.5. The third-order valence-electron chi connectivity index (χ3n) is 8.81. The molecule has 0 aliphatic rings. The molecular weight excluding hydrogens is 564 g/mol. The Morgan fingerprint density at radius 3 is 2.30 bits per heavy atom. The van der Waals surface area contributed by atoms with E-state index in [1.165, 1.54) is 58.8 Å². The van der Waals surface area contributed by atoms with Gasteiger partial charge in [0.2, 0.25) is 0 Å². The number of hydrogen-bond acceptors (Lipinski definition) is 3. The predicted molar refractivity (Wildman–Crippen MR) is 190 cm³/mol. The van der Waals surface area contributed by atoms with Gasteiger partial charge in [-0.15, -0.1) is 0 Å². The van der Waals surface area contributed by atoms with E-state index in [2.05, 4.69) is 127 Å². The lowest BCUT2D eigenvalue weighted by atomic mass is 9.99. The summed E-state index contributed by atoms with van der Waals surface area (Å²) in [5, 5.41) is 7.45. The molecule has 0 atom stereocenters. The average molecular weight is 605 g/mol. The lowest BCUT2D eigenvalue weighted by molar-refractivity contribution is 0.482. The highest BCUT2D eigenvalue weighted by Crippen LogP contribution is 2.36. The first-order chi connectivity index (χ1) is 22.6. The number of fused-ring (bicyclic) bond motifs is 3. The first-order valence-electron chi connectivity index (χ1n) is 16.5. The maximum Gasteiger partial charge on any atom is 0.137 e.